The minimum atomic E-state index is -0.382. The summed E-state index contributed by atoms with van der Waals surface area (Å²) in [4.78, 5) is 0. The van der Waals surface area contributed by atoms with E-state index in [1.165, 1.54) is 0 Å². The average molecular weight is 211 g/mol. The van der Waals surface area contributed by atoms with Gasteiger partial charge in [-0.25, -0.2) is 0 Å². The molecule has 2 heteroatoms. The second kappa shape index (κ2) is 5.84. The van der Waals surface area contributed by atoms with Crippen LogP contribution in [0.4, 0.5) is 0 Å². The van der Waals surface area contributed by atoms with Crippen LogP contribution in [0.3, 0.4) is 0 Å². The number of aliphatic hydroxyl groups is 1. The fourth-order valence-electron chi connectivity index (χ4n) is 1.31. The van der Waals surface area contributed by atoms with Crippen LogP contribution in [-0.4, -0.2) is 5.11 Å². The second-order valence-corrected chi connectivity index (χ2v) is 3.72. The molecule has 76 valence electrons. The Morgan fingerprint density at radius 1 is 1.36 bits per heavy atom. The summed E-state index contributed by atoms with van der Waals surface area (Å²) < 4.78 is 0. The summed E-state index contributed by atoms with van der Waals surface area (Å²) in [6.07, 6.45) is 4.17. The van der Waals surface area contributed by atoms with Gasteiger partial charge in [-0.1, -0.05) is 29.8 Å². The molecule has 0 aliphatic rings. The molecule has 0 bridgehead atoms. The van der Waals surface area contributed by atoms with Gasteiger partial charge in [0.1, 0.15) is 0 Å². The first-order valence-corrected chi connectivity index (χ1v) is 5.16. The third kappa shape index (κ3) is 3.52. The summed E-state index contributed by atoms with van der Waals surface area (Å²) in [6, 6.07) is 7.32. The Kier molecular flexibility index (Phi) is 4.71. The number of benzene rings is 1. The van der Waals surface area contributed by atoms with Crippen molar-refractivity contribution in [1.29, 1.82) is 0 Å². The molecular formula is C12H15ClO. The van der Waals surface area contributed by atoms with Gasteiger partial charge in [0.2, 0.25) is 0 Å². The Morgan fingerprint density at radius 3 is 2.57 bits per heavy atom. The molecule has 1 atom stereocenters. The molecule has 1 aromatic carbocycles. The molecule has 0 aromatic heterocycles. The van der Waals surface area contributed by atoms with Crippen LogP contribution < -0.4 is 0 Å². The van der Waals surface area contributed by atoms with E-state index in [9.17, 15) is 5.11 Å². The Morgan fingerprint density at radius 2 is 2.00 bits per heavy atom. The van der Waals surface area contributed by atoms with Crippen LogP contribution in [0.5, 0.6) is 0 Å². The zero-order chi connectivity index (χ0) is 10.4. The predicted molar refractivity (Wildman–Crippen MR) is 60.5 cm³/mol. The lowest BCUT2D eigenvalue weighted by atomic mass is 10.0. The Labute approximate surface area is 90.0 Å². The zero-order valence-electron chi connectivity index (χ0n) is 8.12. The number of halogens is 1. The van der Waals surface area contributed by atoms with Gasteiger partial charge in [0.25, 0.3) is 0 Å². The lowest BCUT2D eigenvalue weighted by Gasteiger charge is -2.09. The van der Waals surface area contributed by atoms with E-state index in [2.05, 4.69) is 6.58 Å². The maximum absolute atomic E-state index is 9.76. The minimum Gasteiger partial charge on any atom is -0.388 e. The normalized spacial score (nSPS) is 12.4. The molecule has 0 fully saturated rings. The number of allylic oxidation sites excluding steroid dienone is 1. The van der Waals surface area contributed by atoms with Crippen molar-refractivity contribution in [3.05, 3.63) is 47.5 Å². The molecule has 1 aromatic rings. The molecule has 0 spiro atoms. The number of hydrogen-bond donors (Lipinski definition) is 1. The molecule has 0 radical (unpaired) electrons. The molecule has 1 nitrogen and oxygen atoms in total. The van der Waals surface area contributed by atoms with E-state index in [-0.39, 0.29) is 6.10 Å². The van der Waals surface area contributed by atoms with Crippen molar-refractivity contribution < 1.29 is 5.11 Å². The summed E-state index contributed by atoms with van der Waals surface area (Å²) in [7, 11) is 0. The third-order valence-electron chi connectivity index (χ3n) is 2.14. The quantitative estimate of drug-likeness (QED) is 0.580. The van der Waals surface area contributed by atoms with Crippen molar-refractivity contribution in [2.45, 2.75) is 25.4 Å². The van der Waals surface area contributed by atoms with Crippen LogP contribution in [0, 0.1) is 0 Å². The van der Waals surface area contributed by atoms with Crippen LogP contribution in [-0.2, 0) is 0 Å². The Balaban J connectivity index is 2.47. The highest BCUT2D eigenvalue weighted by molar-refractivity contribution is 6.30. The van der Waals surface area contributed by atoms with E-state index >= 15 is 0 Å². The van der Waals surface area contributed by atoms with Gasteiger partial charge >= 0.3 is 0 Å². The van der Waals surface area contributed by atoms with Crippen LogP contribution in [0.1, 0.15) is 30.9 Å². The first kappa shape index (κ1) is 11.3. The fraction of sp³-hybridized carbons (Fsp3) is 0.333. The standard InChI is InChI=1S/C12H15ClO/c1-2-3-4-5-12(14)10-6-8-11(13)9-7-10/h2,6-9,12,14H,1,3-5H2. The third-order valence-corrected chi connectivity index (χ3v) is 2.39. The largest absolute Gasteiger partial charge is 0.388 e. The lowest BCUT2D eigenvalue weighted by molar-refractivity contribution is 0.165. The van der Waals surface area contributed by atoms with Gasteiger partial charge in [0.05, 0.1) is 6.10 Å². The highest BCUT2D eigenvalue weighted by Crippen LogP contribution is 2.20. The first-order valence-electron chi connectivity index (χ1n) is 4.78. The number of aliphatic hydroxyl groups excluding tert-OH is 1. The van der Waals surface area contributed by atoms with E-state index in [4.69, 9.17) is 11.6 Å². The van der Waals surface area contributed by atoms with Crippen molar-refractivity contribution in [2.24, 2.45) is 0 Å². The molecule has 1 unspecified atom stereocenters. The first-order chi connectivity index (χ1) is 6.74. The molecule has 0 amide bonds. The number of unbranched alkanes of at least 4 members (excludes halogenated alkanes) is 1. The van der Waals surface area contributed by atoms with Gasteiger partial charge in [-0.3, -0.25) is 0 Å². The van der Waals surface area contributed by atoms with Gasteiger partial charge in [-0.2, -0.15) is 0 Å². The minimum absolute atomic E-state index is 0.382. The summed E-state index contributed by atoms with van der Waals surface area (Å²) in [6.45, 7) is 3.64. The van der Waals surface area contributed by atoms with Crippen molar-refractivity contribution in [3.63, 3.8) is 0 Å². The molecule has 0 aliphatic carbocycles. The van der Waals surface area contributed by atoms with Gasteiger partial charge in [-0.15, -0.1) is 6.58 Å². The fourth-order valence-corrected chi connectivity index (χ4v) is 1.43. The van der Waals surface area contributed by atoms with Crippen molar-refractivity contribution in [3.8, 4) is 0 Å². The van der Waals surface area contributed by atoms with Crippen LogP contribution in [0.2, 0.25) is 5.02 Å². The molecule has 0 saturated heterocycles. The van der Waals surface area contributed by atoms with E-state index in [0.717, 1.165) is 24.8 Å². The maximum atomic E-state index is 9.76. The van der Waals surface area contributed by atoms with Gasteiger partial charge in [0.15, 0.2) is 0 Å². The van der Waals surface area contributed by atoms with Crippen LogP contribution in [0.25, 0.3) is 0 Å². The second-order valence-electron chi connectivity index (χ2n) is 3.29. The highest BCUT2D eigenvalue weighted by Gasteiger charge is 2.05. The zero-order valence-corrected chi connectivity index (χ0v) is 8.87. The summed E-state index contributed by atoms with van der Waals surface area (Å²) in [5, 5.41) is 10.5. The predicted octanol–water partition coefficient (Wildman–Crippen LogP) is 3.73. The average Bonchev–Trinajstić information content (AvgIpc) is 2.19. The molecule has 14 heavy (non-hydrogen) atoms. The molecule has 0 heterocycles. The maximum Gasteiger partial charge on any atom is 0.0790 e. The Hall–Kier alpha value is -0.790. The number of rotatable bonds is 5. The lowest BCUT2D eigenvalue weighted by Crippen LogP contribution is -1.96. The summed E-state index contributed by atoms with van der Waals surface area (Å²) >= 11 is 5.75. The number of hydrogen-bond acceptors (Lipinski definition) is 1. The van der Waals surface area contributed by atoms with Crippen molar-refractivity contribution in [2.75, 3.05) is 0 Å². The molecule has 1 rings (SSSR count). The monoisotopic (exact) mass is 210 g/mol. The van der Waals surface area contributed by atoms with E-state index < -0.39 is 0 Å². The van der Waals surface area contributed by atoms with Gasteiger partial charge < -0.3 is 5.11 Å². The van der Waals surface area contributed by atoms with E-state index in [1.807, 2.05) is 18.2 Å². The topological polar surface area (TPSA) is 20.2 Å². The van der Waals surface area contributed by atoms with Crippen molar-refractivity contribution >= 4 is 11.6 Å². The molecule has 0 saturated carbocycles. The summed E-state index contributed by atoms with van der Waals surface area (Å²) in [5.74, 6) is 0. The molecular weight excluding hydrogens is 196 g/mol. The Bertz CT molecular complexity index is 279. The van der Waals surface area contributed by atoms with E-state index in [1.54, 1.807) is 12.1 Å². The van der Waals surface area contributed by atoms with Crippen LogP contribution >= 0.6 is 11.6 Å². The summed E-state index contributed by atoms with van der Waals surface area (Å²) in [5.41, 5.74) is 0.929. The van der Waals surface area contributed by atoms with E-state index in [0.29, 0.717) is 5.02 Å². The van der Waals surface area contributed by atoms with Gasteiger partial charge in [-0.05, 0) is 37.0 Å². The highest BCUT2D eigenvalue weighted by atomic mass is 35.5. The SMILES string of the molecule is C=CCCCC(O)c1ccc(Cl)cc1. The smallest absolute Gasteiger partial charge is 0.0790 e. The van der Waals surface area contributed by atoms with Crippen LogP contribution in [0.15, 0.2) is 36.9 Å². The molecule has 0 aliphatic heterocycles. The van der Waals surface area contributed by atoms with Crippen molar-refractivity contribution in [1.82, 2.24) is 0 Å². The molecule has 1 N–H and O–H groups in total. The van der Waals surface area contributed by atoms with Gasteiger partial charge in [0, 0.05) is 5.02 Å².